The van der Waals surface area contributed by atoms with Crippen molar-refractivity contribution in [2.45, 2.75) is 6.92 Å². The summed E-state index contributed by atoms with van der Waals surface area (Å²) in [6, 6.07) is 11.8. The molecular weight excluding hydrogens is 394 g/mol. The number of aromatic amines is 2. The van der Waals surface area contributed by atoms with Crippen LogP contribution in [0.3, 0.4) is 0 Å². The number of anilines is 2. The van der Waals surface area contributed by atoms with Gasteiger partial charge in [-0.3, -0.25) is 5.10 Å². The van der Waals surface area contributed by atoms with E-state index in [2.05, 4.69) is 35.5 Å². The van der Waals surface area contributed by atoms with Crippen molar-refractivity contribution in [3.05, 3.63) is 54.7 Å². The Morgan fingerprint density at radius 1 is 1.06 bits per heavy atom. The number of rotatable bonds is 4. The molecule has 0 saturated heterocycles. The van der Waals surface area contributed by atoms with E-state index in [9.17, 15) is 0 Å². The van der Waals surface area contributed by atoms with E-state index in [1.54, 1.807) is 13.3 Å². The van der Waals surface area contributed by atoms with Gasteiger partial charge in [0.05, 0.1) is 24.2 Å². The molecule has 0 radical (unpaired) electrons. The molecule has 0 spiro atoms. The minimum Gasteiger partial charge on any atom is -0.480 e. The van der Waals surface area contributed by atoms with Crippen LogP contribution in [0.1, 0.15) is 5.89 Å². The van der Waals surface area contributed by atoms with Crippen LogP contribution in [0.25, 0.3) is 44.2 Å². The lowest BCUT2D eigenvalue weighted by Gasteiger charge is -2.09. The van der Waals surface area contributed by atoms with Gasteiger partial charge in [0.25, 0.3) is 0 Å². The second kappa shape index (κ2) is 6.56. The number of ether oxygens (including phenoxy) is 1. The number of H-pyrrole nitrogens is 2. The summed E-state index contributed by atoms with van der Waals surface area (Å²) >= 11 is 0. The quantitative estimate of drug-likeness (QED) is 0.385. The lowest BCUT2D eigenvalue weighted by atomic mass is 10.1. The minimum absolute atomic E-state index is 0.432. The van der Waals surface area contributed by atoms with Crippen molar-refractivity contribution in [3.8, 4) is 17.0 Å². The second-order valence-corrected chi connectivity index (χ2v) is 7.19. The molecule has 6 rings (SSSR count). The van der Waals surface area contributed by atoms with E-state index >= 15 is 0 Å². The SMILES string of the molecule is COc1nc(Nc2ccc3[nH]ncc3c2)nc2[nH]cc(-c3ccc4nc(C)oc4c3)c12. The Morgan fingerprint density at radius 2 is 2.00 bits per heavy atom. The van der Waals surface area contributed by atoms with Gasteiger partial charge in [0.2, 0.25) is 11.8 Å². The van der Waals surface area contributed by atoms with Gasteiger partial charge in [0.1, 0.15) is 11.2 Å². The molecule has 2 aromatic carbocycles. The number of hydrogen-bond acceptors (Lipinski definition) is 7. The summed E-state index contributed by atoms with van der Waals surface area (Å²) in [4.78, 5) is 16.8. The Kier molecular flexibility index (Phi) is 3.69. The van der Waals surface area contributed by atoms with Crippen molar-refractivity contribution < 1.29 is 9.15 Å². The summed E-state index contributed by atoms with van der Waals surface area (Å²) in [5.74, 6) is 1.54. The van der Waals surface area contributed by atoms with E-state index in [-0.39, 0.29) is 0 Å². The normalized spacial score (nSPS) is 11.5. The molecule has 0 fully saturated rings. The Balaban J connectivity index is 1.43. The molecule has 0 unspecified atom stereocenters. The van der Waals surface area contributed by atoms with Crippen LogP contribution >= 0.6 is 0 Å². The van der Waals surface area contributed by atoms with Gasteiger partial charge in [-0.25, -0.2) is 4.98 Å². The molecule has 0 aliphatic rings. The molecule has 0 bridgehead atoms. The van der Waals surface area contributed by atoms with Crippen LogP contribution in [-0.2, 0) is 0 Å². The van der Waals surface area contributed by atoms with Crippen molar-refractivity contribution in [2.75, 3.05) is 12.4 Å². The van der Waals surface area contributed by atoms with Crippen LogP contribution in [0.2, 0.25) is 0 Å². The van der Waals surface area contributed by atoms with Crippen molar-refractivity contribution in [1.29, 1.82) is 0 Å². The van der Waals surface area contributed by atoms with E-state index in [0.717, 1.165) is 44.2 Å². The maximum absolute atomic E-state index is 5.68. The summed E-state index contributed by atoms with van der Waals surface area (Å²) in [7, 11) is 1.60. The van der Waals surface area contributed by atoms with Gasteiger partial charge < -0.3 is 19.5 Å². The number of methoxy groups -OCH3 is 1. The highest BCUT2D eigenvalue weighted by atomic mass is 16.5. The molecule has 9 nitrogen and oxygen atoms in total. The third-order valence-corrected chi connectivity index (χ3v) is 5.19. The topological polar surface area (TPSA) is 118 Å². The van der Waals surface area contributed by atoms with Gasteiger partial charge in [-0.15, -0.1) is 0 Å². The van der Waals surface area contributed by atoms with Gasteiger partial charge in [-0.1, -0.05) is 6.07 Å². The summed E-state index contributed by atoms with van der Waals surface area (Å²) < 4.78 is 11.3. The molecule has 0 amide bonds. The maximum atomic E-state index is 5.68. The highest BCUT2D eigenvalue weighted by Crippen LogP contribution is 2.36. The fraction of sp³-hybridized carbons (Fsp3) is 0.0909. The predicted molar refractivity (Wildman–Crippen MR) is 118 cm³/mol. The van der Waals surface area contributed by atoms with E-state index in [0.29, 0.717) is 23.4 Å². The number of benzene rings is 2. The summed E-state index contributed by atoms with van der Waals surface area (Å²) in [5.41, 5.74) is 5.93. The predicted octanol–water partition coefficient (Wildman–Crippen LogP) is 4.70. The Morgan fingerprint density at radius 3 is 2.90 bits per heavy atom. The highest BCUT2D eigenvalue weighted by Gasteiger charge is 2.17. The van der Waals surface area contributed by atoms with Gasteiger partial charge in [-0.05, 0) is 35.9 Å². The Hall–Kier alpha value is -4.40. The zero-order valence-corrected chi connectivity index (χ0v) is 16.7. The lowest BCUT2D eigenvalue weighted by molar-refractivity contribution is 0.403. The zero-order chi connectivity index (χ0) is 20.9. The number of hydrogen-bond donors (Lipinski definition) is 3. The molecule has 31 heavy (non-hydrogen) atoms. The van der Waals surface area contributed by atoms with Crippen LogP contribution in [-0.4, -0.2) is 37.2 Å². The van der Waals surface area contributed by atoms with Crippen molar-refractivity contribution in [1.82, 2.24) is 30.1 Å². The van der Waals surface area contributed by atoms with Crippen LogP contribution in [0.15, 0.2) is 53.2 Å². The number of aryl methyl sites for hydroxylation is 1. The van der Waals surface area contributed by atoms with Gasteiger partial charge in [-0.2, -0.15) is 15.1 Å². The van der Waals surface area contributed by atoms with E-state index in [1.165, 1.54) is 0 Å². The van der Waals surface area contributed by atoms with Crippen LogP contribution in [0.4, 0.5) is 11.6 Å². The van der Waals surface area contributed by atoms with Crippen molar-refractivity contribution in [3.63, 3.8) is 0 Å². The van der Waals surface area contributed by atoms with Crippen LogP contribution in [0, 0.1) is 6.92 Å². The smallest absolute Gasteiger partial charge is 0.232 e. The fourth-order valence-electron chi connectivity index (χ4n) is 3.79. The summed E-state index contributed by atoms with van der Waals surface area (Å²) in [6.45, 7) is 1.83. The first-order valence-corrected chi connectivity index (χ1v) is 9.69. The molecule has 4 aromatic heterocycles. The minimum atomic E-state index is 0.432. The molecule has 4 heterocycles. The third kappa shape index (κ3) is 2.86. The van der Waals surface area contributed by atoms with Gasteiger partial charge in [0, 0.05) is 29.8 Å². The number of nitrogens with zero attached hydrogens (tertiary/aromatic N) is 4. The first-order valence-electron chi connectivity index (χ1n) is 9.69. The number of nitrogens with one attached hydrogen (secondary N) is 3. The second-order valence-electron chi connectivity index (χ2n) is 7.19. The zero-order valence-electron chi connectivity index (χ0n) is 16.7. The monoisotopic (exact) mass is 411 g/mol. The van der Waals surface area contributed by atoms with Crippen LogP contribution < -0.4 is 10.1 Å². The van der Waals surface area contributed by atoms with Crippen LogP contribution in [0.5, 0.6) is 5.88 Å². The Labute approximate surface area is 175 Å². The molecule has 6 aromatic rings. The van der Waals surface area contributed by atoms with E-state index < -0.39 is 0 Å². The maximum Gasteiger partial charge on any atom is 0.232 e. The van der Waals surface area contributed by atoms with Gasteiger partial charge >= 0.3 is 0 Å². The average molecular weight is 411 g/mol. The lowest BCUT2D eigenvalue weighted by Crippen LogP contribution is -2.00. The molecule has 152 valence electrons. The fourth-order valence-corrected chi connectivity index (χ4v) is 3.79. The highest BCUT2D eigenvalue weighted by molar-refractivity contribution is 5.99. The molecule has 0 saturated carbocycles. The van der Waals surface area contributed by atoms with Gasteiger partial charge in [0.15, 0.2) is 11.5 Å². The standard InChI is InChI=1S/C22H17N7O2/c1-11-25-17-5-3-12(8-18(17)31-11)15-10-23-20-19(15)21(30-2)28-22(27-20)26-14-4-6-16-13(7-14)9-24-29-16/h3-10H,1-2H3,(H,24,29)(H2,23,26,27,28). The average Bonchev–Trinajstić information content (AvgIpc) is 3.49. The number of fused-ring (bicyclic) bond motifs is 3. The Bertz CT molecular complexity index is 1580. The molecule has 3 N–H and O–H groups in total. The summed E-state index contributed by atoms with van der Waals surface area (Å²) in [5, 5.41) is 12.0. The molecule has 0 atom stereocenters. The molecular formula is C22H17N7O2. The first-order chi connectivity index (χ1) is 15.2. The molecule has 0 aliphatic carbocycles. The summed E-state index contributed by atoms with van der Waals surface area (Å²) in [6.07, 6.45) is 3.67. The van der Waals surface area contributed by atoms with E-state index in [1.807, 2.05) is 49.5 Å². The largest absolute Gasteiger partial charge is 0.480 e. The van der Waals surface area contributed by atoms with E-state index in [4.69, 9.17) is 9.15 Å². The third-order valence-electron chi connectivity index (χ3n) is 5.19. The number of aromatic nitrogens is 6. The number of oxazole rings is 1. The van der Waals surface area contributed by atoms with Crippen molar-refractivity contribution >= 4 is 44.7 Å². The first kappa shape index (κ1) is 17.5. The van der Waals surface area contributed by atoms with Crippen molar-refractivity contribution in [2.24, 2.45) is 0 Å². The molecule has 9 heteroatoms. The molecule has 0 aliphatic heterocycles.